The first-order valence-corrected chi connectivity index (χ1v) is 7.59. The van der Waals surface area contributed by atoms with E-state index in [0.717, 1.165) is 24.2 Å². The predicted octanol–water partition coefficient (Wildman–Crippen LogP) is 3.75. The van der Waals surface area contributed by atoms with E-state index in [4.69, 9.17) is 4.74 Å². The van der Waals surface area contributed by atoms with Crippen molar-refractivity contribution in [3.05, 3.63) is 65.2 Å². The minimum absolute atomic E-state index is 0.0358. The molecule has 0 fully saturated rings. The quantitative estimate of drug-likeness (QED) is 0.881. The second kappa shape index (κ2) is 7.64. The average Bonchev–Trinajstić information content (AvgIpc) is 2.53. The number of benzene rings is 2. The molecular formula is C19H23NO2. The summed E-state index contributed by atoms with van der Waals surface area (Å²) in [6, 6.07) is 15.9. The fourth-order valence-corrected chi connectivity index (χ4v) is 2.43. The molecule has 2 aromatic carbocycles. The summed E-state index contributed by atoms with van der Waals surface area (Å²) in [6.45, 7) is 3.98. The molecule has 1 N–H and O–H groups in total. The van der Waals surface area contributed by atoms with Gasteiger partial charge >= 0.3 is 0 Å². The first kappa shape index (κ1) is 16.1. The van der Waals surface area contributed by atoms with Crippen LogP contribution >= 0.6 is 0 Å². The number of methoxy groups -OCH3 is 1. The number of hydrogen-bond donors (Lipinski definition) is 1. The molecule has 0 radical (unpaired) electrons. The molecule has 116 valence electrons. The van der Waals surface area contributed by atoms with Crippen molar-refractivity contribution >= 4 is 5.91 Å². The van der Waals surface area contributed by atoms with Gasteiger partial charge in [-0.1, -0.05) is 30.3 Å². The van der Waals surface area contributed by atoms with E-state index in [-0.39, 0.29) is 11.9 Å². The number of hydrogen-bond acceptors (Lipinski definition) is 2. The van der Waals surface area contributed by atoms with Crippen molar-refractivity contribution in [2.75, 3.05) is 7.11 Å². The van der Waals surface area contributed by atoms with Crippen LogP contribution in [0.2, 0.25) is 0 Å². The molecule has 1 atom stereocenters. The van der Waals surface area contributed by atoms with Crippen LogP contribution in [0.25, 0.3) is 0 Å². The van der Waals surface area contributed by atoms with Crippen molar-refractivity contribution in [1.82, 2.24) is 5.32 Å². The first-order valence-electron chi connectivity index (χ1n) is 7.59. The Hall–Kier alpha value is -2.29. The van der Waals surface area contributed by atoms with E-state index in [9.17, 15) is 4.79 Å². The maximum absolute atomic E-state index is 12.3. The lowest BCUT2D eigenvalue weighted by molar-refractivity contribution is 0.0938. The smallest absolute Gasteiger partial charge is 0.251 e. The molecule has 0 aliphatic rings. The highest BCUT2D eigenvalue weighted by Crippen LogP contribution is 2.18. The van der Waals surface area contributed by atoms with Gasteiger partial charge in [0, 0.05) is 11.6 Å². The van der Waals surface area contributed by atoms with Gasteiger partial charge in [-0.2, -0.15) is 0 Å². The number of aryl methyl sites for hydroxylation is 2. The zero-order chi connectivity index (χ0) is 15.9. The van der Waals surface area contributed by atoms with E-state index in [1.165, 1.54) is 5.56 Å². The summed E-state index contributed by atoms with van der Waals surface area (Å²) in [6.07, 6.45) is 1.88. The predicted molar refractivity (Wildman–Crippen MR) is 89.4 cm³/mol. The van der Waals surface area contributed by atoms with Crippen molar-refractivity contribution in [2.24, 2.45) is 0 Å². The molecule has 0 spiro atoms. The minimum atomic E-state index is -0.0358. The fourth-order valence-electron chi connectivity index (χ4n) is 2.43. The van der Waals surface area contributed by atoms with Gasteiger partial charge in [0.2, 0.25) is 0 Å². The Morgan fingerprint density at radius 1 is 1.18 bits per heavy atom. The third-order valence-corrected chi connectivity index (χ3v) is 3.74. The van der Waals surface area contributed by atoms with Crippen LogP contribution < -0.4 is 10.1 Å². The molecule has 0 aliphatic carbocycles. The molecule has 2 aromatic rings. The zero-order valence-corrected chi connectivity index (χ0v) is 13.4. The summed E-state index contributed by atoms with van der Waals surface area (Å²) >= 11 is 0. The van der Waals surface area contributed by atoms with Crippen LogP contribution in [-0.4, -0.2) is 19.1 Å². The zero-order valence-electron chi connectivity index (χ0n) is 13.4. The van der Waals surface area contributed by atoms with E-state index >= 15 is 0 Å². The number of carbonyl (C=O) groups excluding carboxylic acids is 1. The number of rotatable bonds is 6. The van der Waals surface area contributed by atoms with Crippen LogP contribution in [0.15, 0.2) is 48.5 Å². The van der Waals surface area contributed by atoms with Crippen molar-refractivity contribution in [1.29, 1.82) is 0 Å². The number of carbonyl (C=O) groups is 1. The maximum atomic E-state index is 12.3. The van der Waals surface area contributed by atoms with Crippen LogP contribution in [0, 0.1) is 6.92 Å². The van der Waals surface area contributed by atoms with Gasteiger partial charge in [0.25, 0.3) is 5.91 Å². The molecule has 2 rings (SSSR count). The van der Waals surface area contributed by atoms with Crippen LogP contribution in [0.3, 0.4) is 0 Å². The summed E-state index contributed by atoms with van der Waals surface area (Å²) in [5.41, 5.74) is 2.93. The maximum Gasteiger partial charge on any atom is 0.251 e. The minimum Gasteiger partial charge on any atom is -0.496 e. The van der Waals surface area contributed by atoms with Crippen molar-refractivity contribution in [3.63, 3.8) is 0 Å². The lowest BCUT2D eigenvalue weighted by atomic mass is 10.1. The molecule has 1 amide bonds. The third kappa shape index (κ3) is 4.35. The Balaban J connectivity index is 1.89. The standard InChI is InChI=1S/C19H23NO2/c1-14-13-17(11-12-18(14)22-3)19(21)20-15(2)9-10-16-7-5-4-6-8-16/h4-8,11-13,15H,9-10H2,1-3H3,(H,20,21). The Labute approximate surface area is 132 Å². The molecule has 22 heavy (non-hydrogen) atoms. The number of ether oxygens (including phenoxy) is 1. The number of nitrogens with one attached hydrogen (secondary N) is 1. The number of amides is 1. The lowest BCUT2D eigenvalue weighted by Gasteiger charge is -2.14. The van der Waals surface area contributed by atoms with Gasteiger partial charge in [0.1, 0.15) is 5.75 Å². The Morgan fingerprint density at radius 3 is 2.55 bits per heavy atom. The molecule has 0 saturated heterocycles. The SMILES string of the molecule is COc1ccc(C(=O)NC(C)CCc2ccccc2)cc1C. The van der Waals surface area contributed by atoms with Crippen LogP contribution in [0.1, 0.15) is 34.8 Å². The van der Waals surface area contributed by atoms with E-state index in [1.54, 1.807) is 13.2 Å². The third-order valence-electron chi connectivity index (χ3n) is 3.74. The van der Waals surface area contributed by atoms with E-state index in [0.29, 0.717) is 5.56 Å². The largest absolute Gasteiger partial charge is 0.496 e. The lowest BCUT2D eigenvalue weighted by Crippen LogP contribution is -2.32. The van der Waals surface area contributed by atoms with Gasteiger partial charge in [0.05, 0.1) is 7.11 Å². The summed E-state index contributed by atoms with van der Waals surface area (Å²) in [5.74, 6) is 0.764. The van der Waals surface area contributed by atoms with Crippen molar-refractivity contribution in [2.45, 2.75) is 32.7 Å². The Bertz CT molecular complexity index is 623. The molecule has 0 aromatic heterocycles. The summed E-state index contributed by atoms with van der Waals surface area (Å²) in [7, 11) is 1.63. The van der Waals surface area contributed by atoms with Gasteiger partial charge in [-0.25, -0.2) is 0 Å². The highest BCUT2D eigenvalue weighted by molar-refractivity contribution is 5.94. The van der Waals surface area contributed by atoms with Gasteiger partial charge in [-0.15, -0.1) is 0 Å². The van der Waals surface area contributed by atoms with Crippen molar-refractivity contribution in [3.8, 4) is 5.75 Å². The molecule has 0 saturated carbocycles. The Kier molecular flexibility index (Phi) is 5.59. The average molecular weight is 297 g/mol. The molecule has 0 heterocycles. The second-order valence-electron chi connectivity index (χ2n) is 5.58. The van der Waals surface area contributed by atoms with Crippen molar-refractivity contribution < 1.29 is 9.53 Å². The van der Waals surface area contributed by atoms with E-state index < -0.39 is 0 Å². The van der Waals surface area contributed by atoms with Gasteiger partial charge < -0.3 is 10.1 Å². The molecule has 3 nitrogen and oxygen atoms in total. The summed E-state index contributed by atoms with van der Waals surface area (Å²) in [5, 5.41) is 3.05. The summed E-state index contributed by atoms with van der Waals surface area (Å²) in [4.78, 5) is 12.3. The van der Waals surface area contributed by atoms with Gasteiger partial charge in [-0.3, -0.25) is 4.79 Å². The van der Waals surface area contributed by atoms with Crippen LogP contribution in [0.4, 0.5) is 0 Å². The second-order valence-corrected chi connectivity index (χ2v) is 5.58. The van der Waals surface area contributed by atoms with Gasteiger partial charge in [-0.05, 0) is 56.0 Å². The molecule has 0 aliphatic heterocycles. The summed E-state index contributed by atoms with van der Waals surface area (Å²) < 4.78 is 5.22. The normalized spacial score (nSPS) is 11.8. The van der Waals surface area contributed by atoms with Gasteiger partial charge in [0.15, 0.2) is 0 Å². The topological polar surface area (TPSA) is 38.3 Å². The molecule has 0 bridgehead atoms. The van der Waals surface area contributed by atoms with E-state index in [1.807, 2.05) is 44.2 Å². The van der Waals surface area contributed by atoms with Crippen LogP contribution in [-0.2, 0) is 6.42 Å². The molecular weight excluding hydrogens is 274 g/mol. The monoisotopic (exact) mass is 297 g/mol. The van der Waals surface area contributed by atoms with Crippen LogP contribution in [0.5, 0.6) is 5.75 Å². The molecule has 3 heteroatoms. The highest BCUT2D eigenvalue weighted by Gasteiger charge is 2.11. The van der Waals surface area contributed by atoms with E-state index in [2.05, 4.69) is 17.4 Å². The first-order chi connectivity index (χ1) is 10.6. The fraction of sp³-hybridized carbons (Fsp3) is 0.316. The Morgan fingerprint density at radius 2 is 1.91 bits per heavy atom. The highest BCUT2D eigenvalue weighted by atomic mass is 16.5. The molecule has 1 unspecified atom stereocenters.